The molecule has 4 heteroatoms. The summed E-state index contributed by atoms with van der Waals surface area (Å²) in [4.78, 5) is 8.85. The highest BCUT2D eigenvalue weighted by Gasteiger charge is 2.16. The largest absolute Gasteiger partial charge is 0.469 e. The molecule has 3 aromatic rings. The van der Waals surface area contributed by atoms with E-state index >= 15 is 0 Å². The molecule has 2 aromatic heterocycles. The van der Waals surface area contributed by atoms with Gasteiger partial charge in [0.2, 0.25) is 0 Å². The summed E-state index contributed by atoms with van der Waals surface area (Å²) in [6.45, 7) is 2.99. The molecule has 0 aliphatic carbocycles. The Labute approximate surface area is 117 Å². The van der Waals surface area contributed by atoms with Crippen LogP contribution in [0.3, 0.4) is 0 Å². The van der Waals surface area contributed by atoms with Crippen LogP contribution in [0.4, 0.5) is 0 Å². The van der Waals surface area contributed by atoms with Crippen LogP contribution in [0.1, 0.15) is 24.3 Å². The van der Waals surface area contributed by atoms with E-state index in [2.05, 4.69) is 28.3 Å². The van der Waals surface area contributed by atoms with E-state index in [1.165, 1.54) is 0 Å². The molecule has 0 amide bonds. The van der Waals surface area contributed by atoms with Crippen molar-refractivity contribution < 1.29 is 4.42 Å². The van der Waals surface area contributed by atoms with Crippen LogP contribution in [-0.4, -0.2) is 16.5 Å². The van der Waals surface area contributed by atoms with Crippen LogP contribution in [0.2, 0.25) is 0 Å². The fourth-order valence-corrected chi connectivity index (χ4v) is 2.46. The first-order valence-corrected chi connectivity index (χ1v) is 6.84. The standard InChI is InChI=1S/C16H17N3O/c1-2-17-15(11-12-5-4-10-20-12)13-6-3-7-14-16(13)19-9-8-18-14/h3-10,15,17H,2,11H2,1H3. The molecule has 20 heavy (non-hydrogen) atoms. The molecular weight excluding hydrogens is 250 g/mol. The second-order valence-corrected chi connectivity index (χ2v) is 4.67. The molecule has 1 aromatic carbocycles. The van der Waals surface area contributed by atoms with Crippen molar-refractivity contribution >= 4 is 11.0 Å². The third-order valence-electron chi connectivity index (χ3n) is 3.34. The van der Waals surface area contributed by atoms with Gasteiger partial charge < -0.3 is 9.73 Å². The first-order chi connectivity index (χ1) is 9.88. The molecule has 0 aliphatic heterocycles. The Morgan fingerprint density at radius 2 is 2.05 bits per heavy atom. The molecule has 0 saturated heterocycles. The van der Waals surface area contributed by atoms with Crippen LogP contribution >= 0.6 is 0 Å². The summed E-state index contributed by atoms with van der Waals surface area (Å²) in [6.07, 6.45) is 5.97. The molecular formula is C16H17N3O. The summed E-state index contributed by atoms with van der Waals surface area (Å²) in [6, 6.07) is 10.2. The first-order valence-electron chi connectivity index (χ1n) is 6.84. The van der Waals surface area contributed by atoms with E-state index in [1.807, 2.05) is 24.3 Å². The third-order valence-corrected chi connectivity index (χ3v) is 3.34. The van der Waals surface area contributed by atoms with Gasteiger partial charge in [-0.3, -0.25) is 9.97 Å². The highest BCUT2D eigenvalue weighted by atomic mass is 16.3. The molecule has 1 atom stereocenters. The fourth-order valence-electron chi connectivity index (χ4n) is 2.46. The maximum Gasteiger partial charge on any atom is 0.105 e. The van der Waals surface area contributed by atoms with E-state index in [0.717, 1.165) is 35.3 Å². The Morgan fingerprint density at radius 1 is 1.15 bits per heavy atom. The lowest BCUT2D eigenvalue weighted by Crippen LogP contribution is -2.23. The van der Waals surface area contributed by atoms with Gasteiger partial charge in [-0.25, -0.2) is 0 Å². The van der Waals surface area contributed by atoms with Crippen molar-refractivity contribution in [1.29, 1.82) is 0 Å². The monoisotopic (exact) mass is 267 g/mol. The molecule has 3 rings (SSSR count). The number of benzene rings is 1. The van der Waals surface area contributed by atoms with Crippen molar-refractivity contribution in [2.75, 3.05) is 6.54 Å². The minimum absolute atomic E-state index is 0.173. The van der Waals surface area contributed by atoms with Crippen molar-refractivity contribution in [3.05, 3.63) is 60.3 Å². The number of hydrogen-bond acceptors (Lipinski definition) is 4. The number of para-hydroxylation sites is 1. The van der Waals surface area contributed by atoms with E-state index < -0.39 is 0 Å². The molecule has 1 unspecified atom stereocenters. The van der Waals surface area contributed by atoms with Gasteiger partial charge >= 0.3 is 0 Å². The van der Waals surface area contributed by atoms with Crippen molar-refractivity contribution in [3.8, 4) is 0 Å². The average molecular weight is 267 g/mol. The molecule has 0 radical (unpaired) electrons. The van der Waals surface area contributed by atoms with Crippen LogP contribution in [0, 0.1) is 0 Å². The second-order valence-electron chi connectivity index (χ2n) is 4.67. The molecule has 0 spiro atoms. The van der Waals surface area contributed by atoms with E-state index in [-0.39, 0.29) is 6.04 Å². The maximum atomic E-state index is 5.47. The van der Waals surface area contributed by atoms with Gasteiger partial charge in [0, 0.05) is 24.9 Å². The lowest BCUT2D eigenvalue weighted by molar-refractivity contribution is 0.456. The average Bonchev–Trinajstić information content (AvgIpc) is 2.99. The molecule has 0 saturated carbocycles. The number of hydrogen-bond donors (Lipinski definition) is 1. The molecule has 102 valence electrons. The zero-order valence-corrected chi connectivity index (χ0v) is 11.4. The number of rotatable bonds is 5. The Hall–Kier alpha value is -2.20. The first kappa shape index (κ1) is 12.8. The predicted molar refractivity (Wildman–Crippen MR) is 78.4 cm³/mol. The van der Waals surface area contributed by atoms with E-state index in [4.69, 9.17) is 4.42 Å². The summed E-state index contributed by atoms with van der Waals surface area (Å²) < 4.78 is 5.47. The smallest absolute Gasteiger partial charge is 0.105 e. The van der Waals surface area contributed by atoms with E-state index in [9.17, 15) is 0 Å². The summed E-state index contributed by atoms with van der Waals surface area (Å²) in [5.41, 5.74) is 3.04. The number of likely N-dealkylation sites (N-methyl/N-ethyl adjacent to an activating group) is 1. The molecule has 2 heterocycles. The van der Waals surface area contributed by atoms with Crippen LogP contribution < -0.4 is 5.32 Å². The summed E-state index contributed by atoms with van der Waals surface area (Å²) in [7, 11) is 0. The molecule has 0 fully saturated rings. The lowest BCUT2D eigenvalue weighted by atomic mass is 10.0. The Kier molecular flexibility index (Phi) is 3.74. The van der Waals surface area contributed by atoms with Crippen LogP contribution in [0.25, 0.3) is 11.0 Å². The van der Waals surface area contributed by atoms with Gasteiger partial charge in [-0.15, -0.1) is 0 Å². The summed E-state index contributed by atoms with van der Waals surface area (Å²) in [5, 5.41) is 3.50. The van der Waals surface area contributed by atoms with Gasteiger partial charge in [0.05, 0.1) is 17.3 Å². The zero-order valence-electron chi connectivity index (χ0n) is 11.4. The van der Waals surface area contributed by atoms with Crippen LogP contribution in [-0.2, 0) is 6.42 Å². The number of aromatic nitrogens is 2. The van der Waals surface area contributed by atoms with Crippen LogP contribution in [0.15, 0.2) is 53.4 Å². The molecule has 0 aliphatic rings. The quantitative estimate of drug-likeness (QED) is 0.771. The van der Waals surface area contributed by atoms with Gasteiger partial charge in [-0.2, -0.15) is 0 Å². The Morgan fingerprint density at radius 3 is 2.85 bits per heavy atom. The Bertz CT molecular complexity index is 674. The van der Waals surface area contributed by atoms with Gasteiger partial charge in [0.25, 0.3) is 0 Å². The van der Waals surface area contributed by atoms with Gasteiger partial charge in [0.15, 0.2) is 0 Å². The van der Waals surface area contributed by atoms with Crippen molar-refractivity contribution in [2.45, 2.75) is 19.4 Å². The third kappa shape index (κ3) is 2.56. The van der Waals surface area contributed by atoms with Crippen molar-refractivity contribution in [2.24, 2.45) is 0 Å². The number of nitrogens with one attached hydrogen (secondary N) is 1. The molecule has 1 N–H and O–H groups in total. The summed E-state index contributed by atoms with van der Waals surface area (Å²) >= 11 is 0. The SMILES string of the molecule is CCNC(Cc1ccco1)c1cccc2nccnc12. The fraction of sp³-hybridized carbons (Fsp3) is 0.250. The van der Waals surface area contributed by atoms with E-state index in [1.54, 1.807) is 18.7 Å². The minimum Gasteiger partial charge on any atom is -0.469 e. The second kappa shape index (κ2) is 5.84. The normalized spacial score (nSPS) is 12.7. The minimum atomic E-state index is 0.173. The number of fused-ring (bicyclic) bond motifs is 1. The summed E-state index contributed by atoms with van der Waals surface area (Å²) in [5.74, 6) is 0.969. The van der Waals surface area contributed by atoms with Crippen LogP contribution in [0.5, 0.6) is 0 Å². The van der Waals surface area contributed by atoms with Crippen molar-refractivity contribution in [1.82, 2.24) is 15.3 Å². The highest BCUT2D eigenvalue weighted by Crippen LogP contribution is 2.24. The van der Waals surface area contributed by atoms with Gasteiger partial charge in [-0.1, -0.05) is 19.1 Å². The highest BCUT2D eigenvalue weighted by molar-refractivity contribution is 5.78. The van der Waals surface area contributed by atoms with E-state index in [0.29, 0.717) is 0 Å². The topological polar surface area (TPSA) is 51.0 Å². The molecule has 4 nitrogen and oxygen atoms in total. The number of nitrogens with zero attached hydrogens (tertiary/aromatic N) is 2. The lowest BCUT2D eigenvalue weighted by Gasteiger charge is -2.18. The van der Waals surface area contributed by atoms with Gasteiger partial charge in [0.1, 0.15) is 5.76 Å². The van der Waals surface area contributed by atoms with Gasteiger partial charge in [-0.05, 0) is 30.3 Å². The van der Waals surface area contributed by atoms with Crippen molar-refractivity contribution in [3.63, 3.8) is 0 Å². The molecule has 0 bridgehead atoms. The Balaban J connectivity index is 2.00. The maximum absolute atomic E-state index is 5.47. The predicted octanol–water partition coefficient (Wildman–Crippen LogP) is 3.12. The number of furan rings is 1. The zero-order chi connectivity index (χ0) is 13.8.